The Morgan fingerprint density at radius 3 is 2.56 bits per heavy atom. The van der Waals surface area contributed by atoms with Crippen molar-refractivity contribution in [3.63, 3.8) is 0 Å². The SMILES string of the molecule is Cc1ccc(S(=O)(=O)n2cc(C3=C[C@@H]4C[C@]56[C@@H](CC[C@H](C)[C@@]5(C)CC[C@H](C)[C@H]36)O4)c3c(C=O)cccc32)cc1. The van der Waals surface area contributed by atoms with Crippen molar-refractivity contribution >= 4 is 32.8 Å². The Labute approximate surface area is 231 Å². The van der Waals surface area contributed by atoms with E-state index in [9.17, 15) is 13.2 Å². The van der Waals surface area contributed by atoms with Crippen LogP contribution in [0.1, 0.15) is 74.4 Å². The molecule has 1 aliphatic heterocycles. The number of nitrogens with zero attached hydrogens (tertiary/aromatic N) is 1. The molecule has 3 aromatic rings. The number of rotatable bonds is 4. The number of fused-ring (bicyclic) bond motifs is 2. The maximum Gasteiger partial charge on any atom is 0.268 e. The van der Waals surface area contributed by atoms with E-state index in [-0.39, 0.29) is 33.9 Å². The summed E-state index contributed by atoms with van der Waals surface area (Å²) in [6.07, 6.45) is 10.8. The summed E-state index contributed by atoms with van der Waals surface area (Å²) in [7, 11) is -3.87. The maximum atomic E-state index is 14.0. The van der Waals surface area contributed by atoms with Gasteiger partial charge in [0.05, 0.1) is 22.6 Å². The zero-order chi connectivity index (χ0) is 27.3. The third kappa shape index (κ3) is 3.22. The van der Waals surface area contributed by atoms with Crippen LogP contribution in [0.2, 0.25) is 0 Å². The molecule has 2 bridgehead atoms. The van der Waals surface area contributed by atoms with Crippen molar-refractivity contribution in [2.45, 2.75) is 76.9 Å². The van der Waals surface area contributed by atoms with E-state index in [1.165, 1.54) is 22.4 Å². The van der Waals surface area contributed by atoms with Crippen LogP contribution < -0.4 is 0 Å². The molecule has 7 rings (SSSR count). The molecule has 2 heterocycles. The van der Waals surface area contributed by atoms with E-state index < -0.39 is 10.0 Å². The van der Waals surface area contributed by atoms with E-state index in [1.54, 1.807) is 30.5 Å². The first-order chi connectivity index (χ1) is 18.6. The molecular weight excluding hydrogens is 506 g/mol. The lowest BCUT2D eigenvalue weighted by atomic mass is 9.39. The molecule has 3 fully saturated rings. The van der Waals surface area contributed by atoms with E-state index >= 15 is 0 Å². The lowest BCUT2D eigenvalue weighted by Gasteiger charge is -2.64. The largest absolute Gasteiger partial charge is 0.370 e. The molecule has 39 heavy (non-hydrogen) atoms. The van der Waals surface area contributed by atoms with Crippen molar-refractivity contribution in [1.82, 2.24) is 3.97 Å². The first-order valence-corrected chi connectivity index (χ1v) is 15.8. The number of benzene rings is 2. The Kier molecular flexibility index (Phi) is 5.45. The number of ether oxygens (including phenoxy) is 1. The number of aldehydes is 1. The predicted octanol–water partition coefficient (Wildman–Crippen LogP) is 7.02. The van der Waals surface area contributed by atoms with Crippen molar-refractivity contribution in [3.05, 3.63) is 71.4 Å². The van der Waals surface area contributed by atoms with Gasteiger partial charge in [-0.3, -0.25) is 4.79 Å². The highest BCUT2D eigenvalue weighted by molar-refractivity contribution is 7.90. The molecule has 2 saturated carbocycles. The topological polar surface area (TPSA) is 65.4 Å². The van der Waals surface area contributed by atoms with Gasteiger partial charge >= 0.3 is 0 Å². The number of aromatic nitrogens is 1. The van der Waals surface area contributed by atoms with Crippen molar-refractivity contribution in [2.75, 3.05) is 0 Å². The van der Waals surface area contributed by atoms with Crippen LogP contribution in [0.4, 0.5) is 0 Å². The quantitative estimate of drug-likeness (QED) is 0.332. The summed E-state index contributed by atoms with van der Waals surface area (Å²) < 4.78 is 36.2. The normalized spacial score (nSPS) is 35.5. The van der Waals surface area contributed by atoms with Gasteiger partial charge in [-0.2, -0.15) is 0 Å². The van der Waals surface area contributed by atoms with E-state index in [2.05, 4.69) is 26.8 Å². The number of allylic oxidation sites excluding steroid dienone is 1. The van der Waals surface area contributed by atoms with Gasteiger partial charge in [0.25, 0.3) is 10.0 Å². The van der Waals surface area contributed by atoms with Crippen LogP contribution in [0, 0.1) is 35.5 Å². The Bertz CT molecular complexity index is 1630. The van der Waals surface area contributed by atoms with E-state index in [4.69, 9.17) is 4.74 Å². The minimum absolute atomic E-state index is 0.0201. The standard InChI is InChI=1S/C33H37NO4S/c1-20-8-11-25(12-9-20)39(36,37)34-18-27(30-23(19-35)6-5-7-28(30)34)26-16-24-17-33-29(38-24)13-10-22(3)32(33,4)15-14-21(2)31(26)33/h5-9,11-12,16,18-19,21-22,24,29,31H,10,13-15,17H2,1-4H3/t21-,22-,24+,29+,31+,32+,33+/m0/s1. The predicted molar refractivity (Wildman–Crippen MR) is 153 cm³/mol. The first-order valence-electron chi connectivity index (χ1n) is 14.4. The van der Waals surface area contributed by atoms with E-state index in [0.717, 1.165) is 42.1 Å². The van der Waals surface area contributed by atoms with Crippen molar-refractivity contribution in [3.8, 4) is 0 Å². The summed E-state index contributed by atoms with van der Waals surface area (Å²) >= 11 is 0. The van der Waals surface area contributed by atoms with Gasteiger partial charge in [-0.25, -0.2) is 12.4 Å². The average Bonchev–Trinajstić information content (AvgIpc) is 3.46. The molecule has 5 nitrogen and oxygen atoms in total. The highest BCUT2D eigenvalue weighted by atomic mass is 32.2. The Morgan fingerprint density at radius 1 is 1.05 bits per heavy atom. The molecule has 1 spiro atoms. The van der Waals surface area contributed by atoms with E-state index in [1.807, 2.05) is 25.1 Å². The maximum absolute atomic E-state index is 14.0. The second kappa shape index (κ2) is 8.40. The second-order valence-corrected chi connectivity index (χ2v) is 14.8. The van der Waals surface area contributed by atoms with Crippen LogP contribution in [0.5, 0.6) is 0 Å². The molecule has 1 aromatic heterocycles. The molecular formula is C33H37NO4S. The Hall–Kier alpha value is -2.70. The molecule has 3 aliphatic carbocycles. The number of aryl methyl sites for hydroxylation is 1. The van der Waals surface area contributed by atoms with Crippen LogP contribution in [0.15, 0.2) is 59.6 Å². The average molecular weight is 544 g/mol. The van der Waals surface area contributed by atoms with Gasteiger partial charge in [0, 0.05) is 28.1 Å². The molecule has 2 aromatic carbocycles. The van der Waals surface area contributed by atoms with Crippen LogP contribution in [0.3, 0.4) is 0 Å². The third-order valence-electron chi connectivity index (χ3n) is 11.3. The lowest BCUT2D eigenvalue weighted by molar-refractivity contribution is -0.158. The Morgan fingerprint density at radius 2 is 1.82 bits per heavy atom. The number of hydrogen-bond donors (Lipinski definition) is 0. The highest BCUT2D eigenvalue weighted by Gasteiger charge is 2.69. The van der Waals surface area contributed by atoms with Crippen molar-refractivity contribution < 1.29 is 17.9 Å². The number of carbonyl (C=O) groups excluding carboxylic acids is 1. The molecule has 7 atom stereocenters. The van der Waals surface area contributed by atoms with E-state index in [0.29, 0.717) is 22.9 Å². The van der Waals surface area contributed by atoms with Crippen molar-refractivity contribution in [2.24, 2.45) is 28.6 Å². The Balaban J connectivity index is 1.48. The van der Waals surface area contributed by atoms with Gasteiger partial charge in [-0.1, -0.05) is 56.7 Å². The van der Waals surface area contributed by atoms with Crippen LogP contribution in [-0.2, 0) is 14.8 Å². The summed E-state index contributed by atoms with van der Waals surface area (Å²) in [6.45, 7) is 9.23. The summed E-state index contributed by atoms with van der Waals surface area (Å²) in [6, 6.07) is 12.4. The lowest BCUT2D eigenvalue weighted by Crippen LogP contribution is -2.61. The van der Waals surface area contributed by atoms with Gasteiger partial charge in [-0.15, -0.1) is 0 Å². The summed E-state index contributed by atoms with van der Waals surface area (Å²) in [5.74, 6) is 1.30. The molecule has 0 N–H and O–H groups in total. The summed E-state index contributed by atoms with van der Waals surface area (Å²) in [4.78, 5) is 12.6. The number of hydrogen-bond acceptors (Lipinski definition) is 4. The van der Waals surface area contributed by atoms with Crippen LogP contribution in [0.25, 0.3) is 16.5 Å². The molecule has 0 unspecified atom stereocenters. The fourth-order valence-corrected chi connectivity index (χ4v) is 10.5. The molecule has 0 amide bonds. The smallest absolute Gasteiger partial charge is 0.268 e. The molecule has 6 heteroatoms. The first kappa shape index (κ1) is 25.3. The third-order valence-corrected chi connectivity index (χ3v) is 12.9. The number of carbonyl (C=O) groups is 1. The zero-order valence-electron chi connectivity index (χ0n) is 23.2. The van der Waals surface area contributed by atoms with Crippen LogP contribution in [-0.4, -0.2) is 30.9 Å². The summed E-state index contributed by atoms with van der Waals surface area (Å²) in [5, 5.41) is 0.729. The molecule has 204 valence electrons. The van der Waals surface area contributed by atoms with Gasteiger partial charge in [0.2, 0.25) is 0 Å². The molecule has 0 radical (unpaired) electrons. The van der Waals surface area contributed by atoms with Gasteiger partial charge in [0.1, 0.15) is 0 Å². The fraction of sp³-hybridized carbons (Fsp3) is 0.485. The molecule has 4 aliphatic rings. The second-order valence-electron chi connectivity index (χ2n) is 12.9. The van der Waals surface area contributed by atoms with Gasteiger partial charge < -0.3 is 4.74 Å². The zero-order valence-corrected chi connectivity index (χ0v) is 24.0. The minimum Gasteiger partial charge on any atom is -0.370 e. The summed E-state index contributed by atoms with van der Waals surface area (Å²) in [5.41, 5.74) is 4.32. The van der Waals surface area contributed by atoms with Crippen molar-refractivity contribution in [1.29, 1.82) is 0 Å². The minimum atomic E-state index is -3.87. The van der Waals surface area contributed by atoms with Crippen LogP contribution >= 0.6 is 0 Å². The monoisotopic (exact) mass is 543 g/mol. The van der Waals surface area contributed by atoms with Gasteiger partial charge in [0.15, 0.2) is 6.29 Å². The fourth-order valence-electron chi connectivity index (χ4n) is 9.18. The van der Waals surface area contributed by atoms with Gasteiger partial charge in [-0.05, 0) is 86.0 Å². The molecule has 1 saturated heterocycles. The highest BCUT2D eigenvalue weighted by Crippen LogP contribution is 2.73.